The lowest BCUT2D eigenvalue weighted by Crippen LogP contribution is -2.11. The molecule has 0 saturated heterocycles. The van der Waals surface area contributed by atoms with Gasteiger partial charge in [0, 0.05) is 4.90 Å². The summed E-state index contributed by atoms with van der Waals surface area (Å²) in [5.41, 5.74) is 1.98. The van der Waals surface area contributed by atoms with Crippen molar-refractivity contribution in [2.75, 3.05) is 0 Å². The van der Waals surface area contributed by atoms with Gasteiger partial charge < -0.3 is 4.74 Å². The Kier molecular flexibility index (Phi) is 6.01. The molecule has 0 aliphatic carbocycles. The van der Waals surface area contributed by atoms with Crippen molar-refractivity contribution in [3.63, 3.8) is 0 Å². The Morgan fingerprint density at radius 3 is 2.27 bits per heavy atom. The Morgan fingerprint density at radius 2 is 1.65 bits per heavy atom. The zero-order chi connectivity index (χ0) is 18.5. The number of ether oxygens (including phenoxy) is 1. The summed E-state index contributed by atoms with van der Waals surface area (Å²) in [5, 5.41) is 0.733. The summed E-state index contributed by atoms with van der Waals surface area (Å²) in [6.45, 7) is 6.91. The van der Waals surface area contributed by atoms with Crippen LogP contribution in [0.5, 0.6) is 0 Å². The van der Waals surface area contributed by atoms with Gasteiger partial charge in [-0.05, 0) is 30.5 Å². The molecule has 0 saturated carbocycles. The van der Waals surface area contributed by atoms with Gasteiger partial charge in [-0.3, -0.25) is 4.57 Å². The summed E-state index contributed by atoms with van der Waals surface area (Å²) in [4.78, 5) is 5.45. The number of aryl methyl sites for hydroxylation is 1. The van der Waals surface area contributed by atoms with Crippen LogP contribution in [0.15, 0.2) is 70.6 Å². The molecule has 1 heterocycles. The summed E-state index contributed by atoms with van der Waals surface area (Å²) in [6, 6.07) is 19.5. The van der Waals surface area contributed by atoms with Crippen LogP contribution in [0.4, 0.5) is 0 Å². The molecule has 0 aliphatic heterocycles. The number of aromatic nitrogens is 2. The molecule has 0 bridgehead atoms. The predicted octanol–water partition coefficient (Wildman–Crippen LogP) is 4.66. The third-order valence-corrected chi connectivity index (χ3v) is 5.63. The van der Waals surface area contributed by atoms with E-state index in [9.17, 15) is 4.21 Å². The van der Waals surface area contributed by atoms with Crippen LogP contribution in [0, 0.1) is 6.92 Å². The second-order valence-corrected chi connectivity index (χ2v) is 7.87. The van der Waals surface area contributed by atoms with E-state index in [0.717, 1.165) is 27.0 Å². The van der Waals surface area contributed by atoms with E-state index in [4.69, 9.17) is 4.74 Å². The van der Waals surface area contributed by atoms with Crippen LogP contribution in [0.2, 0.25) is 0 Å². The number of hydrogen-bond acceptors (Lipinski definition) is 3. The third kappa shape index (κ3) is 4.11. The quantitative estimate of drug-likeness (QED) is 0.609. The third-order valence-electron chi connectivity index (χ3n) is 4.15. The first-order valence-electron chi connectivity index (χ1n) is 8.73. The van der Waals surface area contributed by atoms with Gasteiger partial charge in [0.1, 0.15) is 28.4 Å². The van der Waals surface area contributed by atoms with E-state index in [0.29, 0.717) is 13.3 Å². The molecule has 0 spiro atoms. The van der Waals surface area contributed by atoms with E-state index in [1.54, 1.807) is 0 Å². The molecule has 0 amide bonds. The highest BCUT2D eigenvalue weighted by Crippen LogP contribution is 2.27. The van der Waals surface area contributed by atoms with Crippen LogP contribution >= 0.6 is 0 Å². The number of nitrogens with zero attached hydrogens (tertiary/aromatic N) is 2. The van der Waals surface area contributed by atoms with Gasteiger partial charge in [0.15, 0.2) is 0 Å². The molecule has 1 unspecified atom stereocenters. The number of rotatable bonds is 7. The highest BCUT2D eigenvalue weighted by molar-refractivity contribution is 7.85. The molecule has 136 valence electrons. The van der Waals surface area contributed by atoms with E-state index in [1.807, 2.05) is 72.2 Å². The lowest BCUT2D eigenvalue weighted by Gasteiger charge is -2.13. The van der Waals surface area contributed by atoms with Crippen LogP contribution in [0.25, 0.3) is 0 Å². The van der Waals surface area contributed by atoms with Crippen molar-refractivity contribution in [3.8, 4) is 0 Å². The Bertz CT molecular complexity index is 874. The van der Waals surface area contributed by atoms with Crippen LogP contribution in [0.3, 0.4) is 0 Å². The highest BCUT2D eigenvalue weighted by atomic mass is 32.2. The minimum atomic E-state index is -1.30. The minimum Gasteiger partial charge on any atom is -0.356 e. The molecule has 26 heavy (non-hydrogen) atoms. The predicted molar refractivity (Wildman–Crippen MR) is 103 cm³/mol. The van der Waals surface area contributed by atoms with Crippen molar-refractivity contribution in [3.05, 3.63) is 77.7 Å². The SMILES string of the molecule is Cc1nc(C(C)C)c(S(=O)c2ccccc2)n1COCc1ccccc1. The number of hydrogen-bond donors (Lipinski definition) is 0. The van der Waals surface area contributed by atoms with Crippen molar-refractivity contribution in [1.29, 1.82) is 0 Å². The first-order valence-corrected chi connectivity index (χ1v) is 9.88. The standard InChI is InChI=1S/C21H24N2O2S/c1-16(2)20-21(26(24)19-12-8-5-9-13-19)23(17(3)22-20)15-25-14-18-10-6-4-7-11-18/h4-13,16H,14-15H2,1-3H3. The Morgan fingerprint density at radius 1 is 1.04 bits per heavy atom. The molecule has 1 atom stereocenters. The monoisotopic (exact) mass is 368 g/mol. The Hall–Kier alpha value is -2.24. The fraction of sp³-hybridized carbons (Fsp3) is 0.286. The van der Waals surface area contributed by atoms with Crippen molar-refractivity contribution >= 4 is 10.8 Å². The lowest BCUT2D eigenvalue weighted by molar-refractivity contribution is 0.0575. The van der Waals surface area contributed by atoms with Gasteiger partial charge in [0.05, 0.1) is 12.3 Å². The Labute approximate surface area is 157 Å². The minimum absolute atomic E-state index is 0.187. The topological polar surface area (TPSA) is 44.1 Å². The number of benzene rings is 2. The summed E-state index contributed by atoms with van der Waals surface area (Å²) in [5.74, 6) is 1.01. The fourth-order valence-corrected chi connectivity index (χ4v) is 4.26. The lowest BCUT2D eigenvalue weighted by atomic mass is 10.2. The van der Waals surface area contributed by atoms with Crippen LogP contribution in [0.1, 0.15) is 36.8 Å². The van der Waals surface area contributed by atoms with Gasteiger partial charge in [-0.1, -0.05) is 62.4 Å². The summed E-state index contributed by atoms with van der Waals surface area (Å²) < 4.78 is 21.1. The second kappa shape index (κ2) is 8.43. The fourth-order valence-electron chi connectivity index (χ4n) is 2.78. The maximum absolute atomic E-state index is 13.2. The maximum atomic E-state index is 13.2. The van der Waals surface area contributed by atoms with Gasteiger partial charge in [0.25, 0.3) is 0 Å². The molecule has 3 aromatic rings. The first kappa shape index (κ1) is 18.5. The van der Waals surface area contributed by atoms with E-state index < -0.39 is 10.8 Å². The smallest absolute Gasteiger partial charge is 0.137 e. The molecule has 2 aromatic carbocycles. The van der Waals surface area contributed by atoms with E-state index in [-0.39, 0.29) is 5.92 Å². The molecular weight excluding hydrogens is 344 g/mol. The van der Waals surface area contributed by atoms with E-state index in [2.05, 4.69) is 18.8 Å². The molecule has 5 heteroatoms. The molecule has 0 N–H and O–H groups in total. The molecule has 1 aromatic heterocycles. The van der Waals surface area contributed by atoms with Gasteiger partial charge in [-0.15, -0.1) is 0 Å². The van der Waals surface area contributed by atoms with Crippen molar-refractivity contribution in [1.82, 2.24) is 9.55 Å². The Balaban J connectivity index is 1.88. The van der Waals surface area contributed by atoms with Crippen LogP contribution < -0.4 is 0 Å². The van der Waals surface area contributed by atoms with Gasteiger partial charge in [0.2, 0.25) is 0 Å². The zero-order valence-corrected chi connectivity index (χ0v) is 16.2. The van der Waals surface area contributed by atoms with Crippen molar-refractivity contribution in [2.45, 2.75) is 49.9 Å². The largest absolute Gasteiger partial charge is 0.356 e. The van der Waals surface area contributed by atoms with Gasteiger partial charge in [-0.25, -0.2) is 9.19 Å². The summed E-state index contributed by atoms with van der Waals surface area (Å²) in [7, 11) is -1.30. The summed E-state index contributed by atoms with van der Waals surface area (Å²) in [6.07, 6.45) is 0. The second-order valence-electron chi connectivity index (χ2n) is 6.48. The maximum Gasteiger partial charge on any atom is 0.137 e. The van der Waals surface area contributed by atoms with Crippen molar-refractivity contribution in [2.24, 2.45) is 0 Å². The molecular formula is C21H24N2O2S. The zero-order valence-electron chi connectivity index (χ0n) is 15.4. The van der Waals surface area contributed by atoms with Crippen molar-refractivity contribution < 1.29 is 8.95 Å². The normalized spacial score (nSPS) is 12.5. The average molecular weight is 369 g/mol. The summed E-state index contributed by atoms with van der Waals surface area (Å²) >= 11 is 0. The first-order chi connectivity index (χ1) is 12.6. The molecule has 3 rings (SSSR count). The van der Waals surface area contributed by atoms with E-state index in [1.165, 1.54) is 0 Å². The van der Waals surface area contributed by atoms with Gasteiger partial charge >= 0.3 is 0 Å². The van der Waals surface area contributed by atoms with Gasteiger partial charge in [-0.2, -0.15) is 0 Å². The van der Waals surface area contributed by atoms with Crippen LogP contribution in [-0.2, 0) is 28.9 Å². The molecule has 0 fully saturated rings. The molecule has 4 nitrogen and oxygen atoms in total. The number of imidazole rings is 1. The average Bonchev–Trinajstić information content (AvgIpc) is 2.99. The van der Waals surface area contributed by atoms with E-state index >= 15 is 0 Å². The molecule has 0 radical (unpaired) electrons. The highest BCUT2D eigenvalue weighted by Gasteiger charge is 2.23. The van der Waals surface area contributed by atoms with Crippen LogP contribution in [-0.4, -0.2) is 13.8 Å². The molecule has 0 aliphatic rings.